The molecule has 0 spiro atoms. The number of rotatable bonds is 5. The molecule has 0 saturated heterocycles. The lowest BCUT2D eigenvalue weighted by Gasteiger charge is -2.12. The molecule has 0 fully saturated rings. The van der Waals surface area contributed by atoms with E-state index in [1.807, 2.05) is 79.0 Å². The third kappa shape index (κ3) is 4.87. The maximum absolute atomic E-state index is 6.70. The molecule has 0 atom stereocenters. The van der Waals surface area contributed by atoms with Crippen LogP contribution >= 0.6 is 0 Å². The van der Waals surface area contributed by atoms with Crippen molar-refractivity contribution in [3.8, 4) is 56.4 Å². The van der Waals surface area contributed by atoms with Crippen LogP contribution in [0.15, 0.2) is 175 Å². The Bertz CT molecular complexity index is 3150. The summed E-state index contributed by atoms with van der Waals surface area (Å²) in [5, 5.41) is 3.09. The van der Waals surface area contributed by atoms with Gasteiger partial charge in [-0.3, -0.25) is 9.38 Å². The van der Waals surface area contributed by atoms with Crippen molar-refractivity contribution in [3.05, 3.63) is 170 Å². The van der Waals surface area contributed by atoms with Gasteiger partial charge in [-0.25, -0.2) is 19.9 Å². The van der Waals surface area contributed by atoms with Crippen LogP contribution in [0.25, 0.3) is 106 Å². The Morgan fingerprint density at radius 3 is 1.76 bits per heavy atom. The summed E-state index contributed by atoms with van der Waals surface area (Å²) >= 11 is 0. The van der Waals surface area contributed by atoms with Crippen LogP contribution in [0.2, 0.25) is 0 Å². The fourth-order valence-electron chi connectivity index (χ4n) is 7.54. The monoisotopic (exact) mass is 692 g/mol. The quantitative estimate of drug-likeness (QED) is 0.179. The lowest BCUT2D eigenvalue weighted by molar-refractivity contribution is 0.672. The van der Waals surface area contributed by atoms with Gasteiger partial charge in [0.2, 0.25) is 0 Å². The molecule has 0 N–H and O–H groups in total. The number of hydrogen-bond acceptors (Lipinski definition) is 6. The van der Waals surface area contributed by atoms with E-state index in [0.717, 1.165) is 88.5 Å². The van der Waals surface area contributed by atoms with E-state index in [9.17, 15) is 0 Å². The first-order valence-electron chi connectivity index (χ1n) is 17.8. The molecule has 0 aliphatic heterocycles. The Hall–Kier alpha value is -7.51. The van der Waals surface area contributed by atoms with Crippen LogP contribution in [0, 0.1) is 0 Å². The standard InChI is InChI=1S/C47H28N6O/c1-3-12-29(13-4-1)44-50-45(30-14-5-2-6-15-30)52-46(51-44)35-25-33(24-34(26-35)32-16-11-23-48-28-32)31-21-22-41-38(27-31)42-43(54-41)36-17-7-8-18-37(36)47-49-39-19-9-10-20-40(39)53(42)47/h1-28H. The smallest absolute Gasteiger partial charge is 0.164 e. The van der Waals surface area contributed by atoms with E-state index >= 15 is 0 Å². The van der Waals surface area contributed by atoms with Gasteiger partial charge >= 0.3 is 0 Å². The van der Waals surface area contributed by atoms with Crippen LogP contribution in [0.1, 0.15) is 0 Å². The molecule has 252 valence electrons. The maximum atomic E-state index is 6.70. The van der Waals surface area contributed by atoms with Gasteiger partial charge in [-0.05, 0) is 65.2 Å². The molecule has 0 amide bonds. The molecule has 0 aliphatic rings. The number of pyridine rings is 2. The summed E-state index contributed by atoms with van der Waals surface area (Å²) in [6.45, 7) is 0. The average Bonchev–Trinajstić information content (AvgIpc) is 3.83. The van der Waals surface area contributed by atoms with Crippen molar-refractivity contribution >= 4 is 49.5 Å². The number of nitrogens with zero attached hydrogens (tertiary/aromatic N) is 6. The molecule has 54 heavy (non-hydrogen) atoms. The Morgan fingerprint density at radius 2 is 1.04 bits per heavy atom. The molecule has 11 rings (SSSR count). The number of furan rings is 1. The fourth-order valence-corrected chi connectivity index (χ4v) is 7.54. The van der Waals surface area contributed by atoms with Gasteiger partial charge in [0.1, 0.15) is 16.7 Å². The minimum absolute atomic E-state index is 0.586. The summed E-state index contributed by atoms with van der Waals surface area (Å²) in [6.07, 6.45) is 3.68. The van der Waals surface area contributed by atoms with Crippen molar-refractivity contribution in [1.29, 1.82) is 0 Å². The van der Waals surface area contributed by atoms with E-state index in [1.165, 1.54) is 0 Å². The number of para-hydroxylation sites is 2. The van der Waals surface area contributed by atoms with Crippen molar-refractivity contribution < 1.29 is 4.42 Å². The molecule has 0 aliphatic carbocycles. The molecule has 7 nitrogen and oxygen atoms in total. The third-order valence-corrected chi connectivity index (χ3v) is 10.1. The molecule has 0 radical (unpaired) electrons. The number of imidazole rings is 1. The van der Waals surface area contributed by atoms with Gasteiger partial charge in [-0.2, -0.15) is 0 Å². The van der Waals surface area contributed by atoms with Crippen LogP contribution in [0.5, 0.6) is 0 Å². The Labute approximate surface area is 308 Å². The number of aromatic nitrogens is 6. The SMILES string of the molecule is c1ccc(-c2nc(-c3ccccc3)nc(-c3cc(-c4cccnc4)cc(-c4ccc5oc6c7ccccc7c7nc8ccccc8n7c6c5c4)c3)n2)cc1. The minimum Gasteiger partial charge on any atom is -0.454 e. The number of fused-ring (bicyclic) bond motifs is 10. The summed E-state index contributed by atoms with van der Waals surface area (Å²) in [4.78, 5) is 24.6. The lowest BCUT2D eigenvalue weighted by atomic mass is 9.95. The first kappa shape index (κ1) is 30.1. The Morgan fingerprint density at radius 1 is 0.426 bits per heavy atom. The van der Waals surface area contributed by atoms with Gasteiger partial charge in [-0.1, -0.05) is 109 Å². The van der Waals surface area contributed by atoms with Crippen molar-refractivity contribution in [1.82, 2.24) is 29.3 Å². The summed E-state index contributed by atoms with van der Waals surface area (Å²) < 4.78 is 8.95. The van der Waals surface area contributed by atoms with Crippen molar-refractivity contribution in [3.63, 3.8) is 0 Å². The highest BCUT2D eigenvalue weighted by molar-refractivity contribution is 6.19. The molecule has 0 unspecified atom stereocenters. The van der Waals surface area contributed by atoms with Gasteiger partial charge in [0.05, 0.1) is 11.0 Å². The Balaban J connectivity index is 1.17. The van der Waals surface area contributed by atoms with E-state index < -0.39 is 0 Å². The van der Waals surface area contributed by atoms with Crippen molar-refractivity contribution in [2.75, 3.05) is 0 Å². The van der Waals surface area contributed by atoms with Gasteiger partial charge < -0.3 is 4.42 Å². The summed E-state index contributed by atoms with van der Waals surface area (Å²) in [6, 6.07) is 53.7. The van der Waals surface area contributed by atoms with Gasteiger partial charge in [0.25, 0.3) is 0 Å². The van der Waals surface area contributed by atoms with E-state index in [2.05, 4.69) is 94.3 Å². The second-order valence-electron chi connectivity index (χ2n) is 13.4. The highest BCUT2D eigenvalue weighted by Gasteiger charge is 2.20. The fraction of sp³-hybridized carbons (Fsp3) is 0. The van der Waals surface area contributed by atoms with Crippen LogP contribution in [0.3, 0.4) is 0 Å². The zero-order chi connectivity index (χ0) is 35.6. The van der Waals surface area contributed by atoms with Gasteiger partial charge in [0, 0.05) is 50.8 Å². The van der Waals surface area contributed by atoms with E-state index in [-0.39, 0.29) is 0 Å². The van der Waals surface area contributed by atoms with Crippen molar-refractivity contribution in [2.24, 2.45) is 0 Å². The van der Waals surface area contributed by atoms with E-state index in [0.29, 0.717) is 17.5 Å². The lowest BCUT2D eigenvalue weighted by Crippen LogP contribution is -2.00. The average molecular weight is 693 g/mol. The molecule has 0 saturated carbocycles. The second kappa shape index (κ2) is 12.0. The summed E-state index contributed by atoms with van der Waals surface area (Å²) in [5.74, 6) is 1.81. The highest BCUT2D eigenvalue weighted by atomic mass is 16.3. The summed E-state index contributed by atoms with van der Waals surface area (Å²) in [5.41, 5.74) is 12.3. The molecule has 0 bridgehead atoms. The predicted octanol–water partition coefficient (Wildman–Crippen LogP) is 11.5. The Kier molecular flexibility index (Phi) is 6.72. The first-order valence-corrected chi connectivity index (χ1v) is 17.8. The van der Waals surface area contributed by atoms with E-state index in [4.69, 9.17) is 24.4 Å². The zero-order valence-electron chi connectivity index (χ0n) is 28.8. The van der Waals surface area contributed by atoms with Crippen molar-refractivity contribution in [2.45, 2.75) is 0 Å². The van der Waals surface area contributed by atoms with Crippen LogP contribution < -0.4 is 0 Å². The topological polar surface area (TPSA) is 82.0 Å². The molecular weight excluding hydrogens is 665 g/mol. The number of hydrogen-bond donors (Lipinski definition) is 0. The predicted molar refractivity (Wildman–Crippen MR) is 216 cm³/mol. The molecule has 5 aromatic heterocycles. The molecule has 11 aromatic rings. The van der Waals surface area contributed by atoms with Gasteiger partial charge in [-0.15, -0.1) is 0 Å². The maximum Gasteiger partial charge on any atom is 0.164 e. The van der Waals surface area contributed by atoms with Gasteiger partial charge in [0.15, 0.2) is 23.1 Å². The molecule has 5 heterocycles. The first-order chi connectivity index (χ1) is 26.7. The minimum atomic E-state index is 0.586. The largest absolute Gasteiger partial charge is 0.454 e. The van der Waals surface area contributed by atoms with E-state index in [1.54, 1.807) is 6.20 Å². The highest BCUT2D eigenvalue weighted by Crippen LogP contribution is 2.40. The summed E-state index contributed by atoms with van der Waals surface area (Å²) in [7, 11) is 0. The molecule has 6 aromatic carbocycles. The molecule has 7 heteroatoms. The normalized spacial score (nSPS) is 11.7. The number of benzene rings is 6. The zero-order valence-corrected chi connectivity index (χ0v) is 28.8. The molecular formula is C47H28N6O. The second-order valence-corrected chi connectivity index (χ2v) is 13.4. The van der Waals surface area contributed by atoms with Crippen LogP contribution in [-0.2, 0) is 0 Å². The third-order valence-electron chi connectivity index (χ3n) is 10.1. The van der Waals surface area contributed by atoms with Crippen LogP contribution in [0.4, 0.5) is 0 Å². The van der Waals surface area contributed by atoms with Crippen LogP contribution in [-0.4, -0.2) is 29.3 Å².